The highest BCUT2D eigenvalue weighted by atomic mass is 16.7. The van der Waals surface area contributed by atoms with Gasteiger partial charge in [-0.15, -0.1) is 0 Å². The fourth-order valence-electron chi connectivity index (χ4n) is 3.31. The van der Waals surface area contributed by atoms with Crippen molar-refractivity contribution in [3.63, 3.8) is 0 Å². The third-order valence-corrected chi connectivity index (χ3v) is 4.52. The fourth-order valence-corrected chi connectivity index (χ4v) is 3.31. The maximum atomic E-state index is 11.8. The molecule has 0 saturated carbocycles. The van der Waals surface area contributed by atoms with Gasteiger partial charge in [0.05, 0.1) is 13.2 Å². The van der Waals surface area contributed by atoms with Gasteiger partial charge in [-0.05, 0) is 0 Å². The van der Waals surface area contributed by atoms with Crippen LogP contribution in [0.25, 0.3) is 0 Å². The lowest BCUT2D eigenvalue weighted by Gasteiger charge is -2.24. The number of ether oxygens (including phenoxy) is 6. The third kappa shape index (κ3) is 5.14. The topological polar surface area (TPSA) is 169 Å². The summed E-state index contributed by atoms with van der Waals surface area (Å²) in [6, 6.07) is -1.97. The number of fused-ring (bicyclic) bond motifs is 1. The fraction of sp³-hybridized carbons (Fsp3) is 0.706. The molecule has 3 rings (SSSR count). The molecule has 3 aliphatic rings. The van der Waals surface area contributed by atoms with Gasteiger partial charge < -0.3 is 28.4 Å². The van der Waals surface area contributed by atoms with E-state index in [1.165, 1.54) is 18.9 Å². The Balaban J connectivity index is 1.63. The number of hydrogen-bond acceptors (Lipinski definition) is 14. The number of carbonyl (C=O) groups excluding carboxylic acids is 5. The molecule has 14 heteroatoms. The lowest BCUT2D eigenvalue weighted by Crippen LogP contribution is -2.43. The van der Waals surface area contributed by atoms with E-state index in [2.05, 4.69) is 15.1 Å². The molecular formula is C17H21N3O11. The summed E-state index contributed by atoms with van der Waals surface area (Å²) in [5, 5.41) is 8.72. The molecule has 0 amide bonds. The van der Waals surface area contributed by atoms with Crippen molar-refractivity contribution in [3.8, 4) is 0 Å². The van der Waals surface area contributed by atoms with Gasteiger partial charge in [0.15, 0.2) is 24.5 Å². The van der Waals surface area contributed by atoms with Gasteiger partial charge in [0.25, 0.3) is 0 Å². The van der Waals surface area contributed by atoms with Crippen molar-refractivity contribution >= 4 is 29.8 Å². The molecule has 2 unspecified atom stereocenters. The zero-order valence-electron chi connectivity index (χ0n) is 16.9. The Hall–Kier alpha value is -3.13. The molecule has 2 fully saturated rings. The normalized spacial score (nSPS) is 31.4. The second-order valence-electron chi connectivity index (χ2n) is 6.86. The summed E-state index contributed by atoms with van der Waals surface area (Å²) in [5.74, 6) is -3.44. The lowest BCUT2D eigenvalue weighted by atomic mass is 10.1. The number of esters is 5. The highest BCUT2D eigenvalue weighted by Gasteiger charge is 2.53. The van der Waals surface area contributed by atoms with E-state index in [4.69, 9.17) is 23.7 Å². The van der Waals surface area contributed by atoms with Gasteiger partial charge >= 0.3 is 29.8 Å². The molecule has 0 aromatic carbocycles. The van der Waals surface area contributed by atoms with Crippen molar-refractivity contribution in [1.82, 2.24) is 5.01 Å². The van der Waals surface area contributed by atoms with Crippen molar-refractivity contribution in [1.29, 1.82) is 0 Å². The van der Waals surface area contributed by atoms with E-state index in [0.29, 0.717) is 0 Å². The Morgan fingerprint density at radius 2 is 1.68 bits per heavy atom. The monoisotopic (exact) mass is 443 g/mol. The van der Waals surface area contributed by atoms with Crippen LogP contribution in [0.1, 0.15) is 20.8 Å². The summed E-state index contributed by atoms with van der Waals surface area (Å²) < 4.78 is 31.2. The third-order valence-electron chi connectivity index (χ3n) is 4.52. The quantitative estimate of drug-likeness (QED) is 0.246. The van der Waals surface area contributed by atoms with E-state index >= 15 is 0 Å². The van der Waals surface area contributed by atoms with E-state index in [1.807, 2.05) is 0 Å². The van der Waals surface area contributed by atoms with Crippen molar-refractivity contribution in [2.24, 2.45) is 10.3 Å². The van der Waals surface area contributed by atoms with Gasteiger partial charge in [0.1, 0.15) is 12.7 Å². The molecule has 170 valence electrons. The van der Waals surface area contributed by atoms with E-state index in [1.54, 1.807) is 0 Å². The molecule has 3 aliphatic heterocycles. The van der Waals surface area contributed by atoms with Gasteiger partial charge in [-0.2, -0.15) is 5.11 Å². The first-order chi connectivity index (χ1) is 14.7. The molecule has 0 aliphatic carbocycles. The zero-order valence-corrected chi connectivity index (χ0v) is 16.9. The Bertz CT molecular complexity index is 800. The Labute approximate surface area is 175 Å². The summed E-state index contributed by atoms with van der Waals surface area (Å²) in [6.07, 6.45) is -4.32. The highest BCUT2D eigenvalue weighted by molar-refractivity contribution is 6.01. The van der Waals surface area contributed by atoms with E-state index < -0.39 is 66.5 Å². The average molecular weight is 443 g/mol. The summed E-state index contributed by atoms with van der Waals surface area (Å²) in [5.41, 5.74) is 0. The van der Waals surface area contributed by atoms with Crippen molar-refractivity contribution < 1.29 is 52.4 Å². The Morgan fingerprint density at radius 1 is 1.00 bits per heavy atom. The predicted octanol–water partition coefficient (Wildman–Crippen LogP) is -1.34. The van der Waals surface area contributed by atoms with Crippen LogP contribution in [-0.4, -0.2) is 91.3 Å². The van der Waals surface area contributed by atoms with Crippen LogP contribution in [0.3, 0.4) is 0 Å². The molecule has 3 heterocycles. The first-order valence-corrected chi connectivity index (χ1v) is 9.35. The van der Waals surface area contributed by atoms with E-state index in [-0.39, 0.29) is 19.8 Å². The summed E-state index contributed by atoms with van der Waals surface area (Å²) >= 11 is 0. The van der Waals surface area contributed by atoms with Crippen LogP contribution in [0.15, 0.2) is 10.3 Å². The van der Waals surface area contributed by atoms with Gasteiger partial charge in [-0.25, -0.2) is 9.59 Å². The zero-order chi connectivity index (χ0) is 22.7. The molecule has 31 heavy (non-hydrogen) atoms. The van der Waals surface area contributed by atoms with Crippen LogP contribution < -0.4 is 0 Å². The second kappa shape index (κ2) is 9.34. The molecule has 0 bridgehead atoms. The van der Waals surface area contributed by atoms with Crippen molar-refractivity contribution in [2.45, 2.75) is 57.5 Å². The smallest absolute Gasteiger partial charge is 0.343 e. The summed E-state index contributed by atoms with van der Waals surface area (Å²) in [6.45, 7) is 3.21. The van der Waals surface area contributed by atoms with Crippen LogP contribution in [0, 0.1) is 0 Å². The summed E-state index contributed by atoms with van der Waals surface area (Å²) in [7, 11) is 0. The standard InChI is InChI=1S/C17H21N3O11/c1-7(21)27-6-10-13(28-8(2)22)14(29-9(3)23)17(30-10)26-5-4-20-12-11(18-19-20)15(24)31-16(12)25/h10-14,17H,4-6H2,1-3H3/t10-,11?,12?,13-,14+,17-/m1/s1. The number of carbonyl (C=O) groups is 5. The maximum Gasteiger partial charge on any atom is 0.343 e. The lowest BCUT2D eigenvalue weighted by molar-refractivity contribution is -0.191. The van der Waals surface area contributed by atoms with Gasteiger partial charge in [0.2, 0.25) is 6.04 Å². The van der Waals surface area contributed by atoms with Gasteiger partial charge in [0, 0.05) is 20.8 Å². The van der Waals surface area contributed by atoms with Crippen LogP contribution in [-0.2, 0) is 52.4 Å². The maximum absolute atomic E-state index is 11.8. The highest BCUT2D eigenvalue weighted by Crippen LogP contribution is 2.29. The Kier molecular flexibility index (Phi) is 6.80. The number of cyclic esters (lactones) is 2. The minimum absolute atomic E-state index is 0.0343. The van der Waals surface area contributed by atoms with Crippen molar-refractivity contribution in [3.05, 3.63) is 0 Å². The van der Waals surface area contributed by atoms with Crippen LogP contribution in [0.5, 0.6) is 0 Å². The molecule has 0 radical (unpaired) electrons. The average Bonchev–Trinajstić information content (AvgIpc) is 3.30. The number of hydrogen-bond donors (Lipinski definition) is 0. The SMILES string of the molecule is CC(=O)OC[C@H]1O[C@@H](OCCN2N=NC3C(=O)OC(=O)C32)[C@@H](OC(C)=O)[C@@H]1OC(C)=O. The van der Waals surface area contributed by atoms with Crippen LogP contribution in [0.2, 0.25) is 0 Å². The Morgan fingerprint density at radius 3 is 2.32 bits per heavy atom. The predicted molar refractivity (Wildman–Crippen MR) is 92.6 cm³/mol. The first kappa shape index (κ1) is 22.6. The van der Waals surface area contributed by atoms with E-state index in [9.17, 15) is 24.0 Å². The molecule has 0 N–H and O–H groups in total. The minimum Gasteiger partial charge on any atom is -0.463 e. The second-order valence-corrected chi connectivity index (χ2v) is 6.86. The largest absolute Gasteiger partial charge is 0.463 e. The molecular weight excluding hydrogens is 422 g/mol. The van der Waals surface area contributed by atoms with Crippen molar-refractivity contribution in [2.75, 3.05) is 19.8 Å². The summed E-state index contributed by atoms with van der Waals surface area (Å²) in [4.78, 5) is 57.5. The minimum atomic E-state index is -1.17. The molecule has 2 saturated heterocycles. The molecule has 0 aromatic rings. The molecule has 0 aromatic heterocycles. The number of rotatable bonds is 8. The molecule has 14 nitrogen and oxygen atoms in total. The van der Waals surface area contributed by atoms with E-state index in [0.717, 1.165) is 6.92 Å². The molecule has 6 atom stereocenters. The molecule has 0 spiro atoms. The van der Waals surface area contributed by atoms with Crippen LogP contribution in [0.4, 0.5) is 0 Å². The first-order valence-electron chi connectivity index (χ1n) is 9.35. The van der Waals surface area contributed by atoms with Gasteiger partial charge in [-0.1, -0.05) is 5.22 Å². The van der Waals surface area contributed by atoms with Gasteiger partial charge in [-0.3, -0.25) is 19.4 Å². The van der Waals surface area contributed by atoms with Crippen LogP contribution >= 0.6 is 0 Å². The number of nitrogens with zero attached hydrogens (tertiary/aromatic N) is 3.